The first-order chi connectivity index (χ1) is 14.0. The second kappa shape index (κ2) is 8.41. The highest BCUT2D eigenvalue weighted by molar-refractivity contribution is 5.90. The lowest BCUT2D eigenvalue weighted by Gasteiger charge is -2.30. The minimum atomic E-state index is 0.414. The fraction of sp³-hybridized carbons (Fsp3) is 0.478. The van der Waals surface area contributed by atoms with Crippen molar-refractivity contribution in [3.63, 3.8) is 0 Å². The molecule has 0 aliphatic heterocycles. The van der Waals surface area contributed by atoms with Crippen molar-refractivity contribution >= 4 is 22.7 Å². The molecule has 3 aromatic rings. The highest BCUT2D eigenvalue weighted by atomic mass is 16.3. The summed E-state index contributed by atoms with van der Waals surface area (Å²) in [5.74, 6) is 3.73. The largest absolute Gasteiger partial charge is 0.465 e. The second-order valence-corrected chi connectivity index (χ2v) is 8.31. The molecule has 2 heterocycles. The van der Waals surface area contributed by atoms with Gasteiger partial charge in [-0.15, -0.1) is 0 Å². The highest BCUT2D eigenvalue weighted by Crippen LogP contribution is 2.26. The second-order valence-electron chi connectivity index (χ2n) is 8.31. The number of fused-ring (bicyclic) bond motifs is 1. The van der Waals surface area contributed by atoms with Crippen LogP contribution in [-0.4, -0.2) is 36.1 Å². The molecule has 1 aliphatic rings. The van der Waals surface area contributed by atoms with E-state index in [0.29, 0.717) is 12.1 Å². The summed E-state index contributed by atoms with van der Waals surface area (Å²) in [4.78, 5) is 11.6. The molecule has 2 aromatic heterocycles. The van der Waals surface area contributed by atoms with Gasteiger partial charge in [-0.1, -0.05) is 12.1 Å². The van der Waals surface area contributed by atoms with Crippen LogP contribution in [0.1, 0.15) is 42.8 Å². The average Bonchev–Trinajstić information content (AvgIpc) is 3.04. The number of furan rings is 1. The molecule has 1 aliphatic carbocycles. The molecule has 0 bridgehead atoms. The summed E-state index contributed by atoms with van der Waals surface area (Å²) in [6.45, 7) is 4.92. The first-order valence-electron chi connectivity index (χ1n) is 10.5. The third-order valence-electron chi connectivity index (χ3n) is 5.85. The monoisotopic (exact) mass is 393 g/mol. The maximum atomic E-state index is 5.78. The van der Waals surface area contributed by atoms with Gasteiger partial charge in [0.15, 0.2) is 0 Å². The minimum Gasteiger partial charge on any atom is -0.465 e. The van der Waals surface area contributed by atoms with Crippen molar-refractivity contribution in [1.82, 2.24) is 15.3 Å². The molecule has 0 atom stereocenters. The summed E-state index contributed by atoms with van der Waals surface area (Å²) in [5, 5.41) is 8.31. The van der Waals surface area contributed by atoms with E-state index in [9.17, 15) is 0 Å². The summed E-state index contributed by atoms with van der Waals surface area (Å²) in [6, 6.07) is 11.3. The van der Waals surface area contributed by atoms with Crippen LogP contribution in [0.15, 0.2) is 34.7 Å². The van der Waals surface area contributed by atoms with Crippen LogP contribution in [-0.2, 0) is 6.54 Å². The van der Waals surface area contributed by atoms with E-state index >= 15 is 0 Å². The predicted octanol–water partition coefficient (Wildman–Crippen LogP) is 4.42. The van der Waals surface area contributed by atoms with E-state index in [0.717, 1.165) is 66.4 Å². The van der Waals surface area contributed by atoms with Gasteiger partial charge in [0.1, 0.15) is 17.3 Å². The summed E-state index contributed by atoms with van der Waals surface area (Å²) in [7, 11) is 4.05. The Hall–Kier alpha value is -2.60. The highest BCUT2D eigenvalue weighted by Gasteiger charge is 2.22. The van der Waals surface area contributed by atoms with Gasteiger partial charge in [-0.2, -0.15) is 4.98 Å². The molecule has 6 heteroatoms. The van der Waals surface area contributed by atoms with Crippen LogP contribution in [0.25, 0.3) is 10.9 Å². The van der Waals surface area contributed by atoms with E-state index < -0.39 is 0 Å². The summed E-state index contributed by atoms with van der Waals surface area (Å²) >= 11 is 0. The Kier molecular flexibility index (Phi) is 5.72. The molecule has 0 unspecified atom stereocenters. The molecule has 0 saturated heterocycles. The van der Waals surface area contributed by atoms with Crippen LogP contribution in [0.2, 0.25) is 0 Å². The number of para-hydroxylation sites is 1. The lowest BCUT2D eigenvalue weighted by molar-refractivity contribution is 0.338. The molecule has 0 amide bonds. The minimum absolute atomic E-state index is 0.414. The van der Waals surface area contributed by atoms with Crippen molar-refractivity contribution < 1.29 is 4.42 Å². The Morgan fingerprint density at radius 2 is 1.76 bits per heavy atom. The van der Waals surface area contributed by atoms with Crippen molar-refractivity contribution in [3.8, 4) is 0 Å². The first kappa shape index (κ1) is 19.7. The summed E-state index contributed by atoms with van der Waals surface area (Å²) in [6.07, 6.45) is 4.51. The van der Waals surface area contributed by atoms with E-state index in [1.165, 1.54) is 5.56 Å². The number of aromatic nitrogens is 2. The fourth-order valence-electron chi connectivity index (χ4n) is 4.07. The standard InChI is InChI=1S/C23H31N5O/c1-15-13-19(29-16(15)2)14-24-17-9-11-18(12-10-17)25-23-26-21-8-6-5-7-20(21)22(27-23)28(3)4/h5-8,13,17-18,24H,9-12,14H2,1-4H3,(H,25,26,27). The molecule has 4 rings (SSSR count). The Labute approximate surface area is 172 Å². The zero-order valence-corrected chi connectivity index (χ0v) is 17.8. The number of anilines is 2. The van der Waals surface area contributed by atoms with Crippen LogP contribution < -0.4 is 15.5 Å². The Morgan fingerprint density at radius 3 is 2.45 bits per heavy atom. The topological polar surface area (TPSA) is 66.2 Å². The number of hydrogen-bond donors (Lipinski definition) is 2. The molecule has 0 spiro atoms. The van der Waals surface area contributed by atoms with E-state index in [4.69, 9.17) is 14.4 Å². The van der Waals surface area contributed by atoms with Crippen molar-refractivity contribution in [2.75, 3.05) is 24.3 Å². The molecule has 29 heavy (non-hydrogen) atoms. The van der Waals surface area contributed by atoms with Crippen molar-refractivity contribution in [2.24, 2.45) is 0 Å². The van der Waals surface area contributed by atoms with Gasteiger partial charge in [0.25, 0.3) is 0 Å². The van der Waals surface area contributed by atoms with Gasteiger partial charge in [0.05, 0.1) is 12.1 Å². The SMILES string of the molecule is Cc1cc(CNC2CCC(Nc3nc(N(C)C)c4ccccc4n3)CC2)oc1C. The van der Waals surface area contributed by atoms with Crippen LogP contribution in [0, 0.1) is 13.8 Å². The molecule has 1 saturated carbocycles. The lowest BCUT2D eigenvalue weighted by Crippen LogP contribution is -2.36. The number of nitrogens with one attached hydrogen (secondary N) is 2. The van der Waals surface area contributed by atoms with Gasteiger partial charge in [0, 0.05) is 31.6 Å². The quantitative estimate of drug-likeness (QED) is 0.646. The molecule has 6 nitrogen and oxygen atoms in total. The number of aryl methyl sites for hydroxylation is 2. The third kappa shape index (κ3) is 4.53. The Bertz CT molecular complexity index is 953. The fourth-order valence-corrected chi connectivity index (χ4v) is 4.07. The van der Waals surface area contributed by atoms with Gasteiger partial charge in [-0.25, -0.2) is 4.98 Å². The van der Waals surface area contributed by atoms with Gasteiger partial charge in [-0.05, 0) is 63.3 Å². The summed E-state index contributed by atoms with van der Waals surface area (Å²) < 4.78 is 5.78. The van der Waals surface area contributed by atoms with Gasteiger partial charge < -0.3 is 20.0 Å². The smallest absolute Gasteiger partial charge is 0.225 e. The maximum Gasteiger partial charge on any atom is 0.225 e. The number of benzene rings is 1. The van der Waals surface area contributed by atoms with E-state index in [1.54, 1.807) is 0 Å². The van der Waals surface area contributed by atoms with Crippen LogP contribution in [0.4, 0.5) is 11.8 Å². The van der Waals surface area contributed by atoms with Crippen LogP contribution in [0.5, 0.6) is 0 Å². The van der Waals surface area contributed by atoms with Crippen LogP contribution >= 0.6 is 0 Å². The molecule has 154 valence electrons. The van der Waals surface area contributed by atoms with E-state index in [2.05, 4.69) is 29.7 Å². The molecule has 1 fully saturated rings. The first-order valence-corrected chi connectivity index (χ1v) is 10.5. The molecular formula is C23H31N5O. The van der Waals surface area contributed by atoms with Crippen molar-refractivity contribution in [1.29, 1.82) is 0 Å². The van der Waals surface area contributed by atoms with E-state index in [1.807, 2.05) is 44.1 Å². The van der Waals surface area contributed by atoms with E-state index in [-0.39, 0.29) is 0 Å². The van der Waals surface area contributed by atoms with Crippen molar-refractivity contribution in [3.05, 3.63) is 47.4 Å². The summed E-state index contributed by atoms with van der Waals surface area (Å²) in [5.41, 5.74) is 2.20. The maximum absolute atomic E-state index is 5.78. The molecule has 1 aromatic carbocycles. The number of hydrogen-bond acceptors (Lipinski definition) is 6. The molecule has 2 N–H and O–H groups in total. The zero-order chi connectivity index (χ0) is 20.4. The van der Waals surface area contributed by atoms with Crippen LogP contribution in [0.3, 0.4) is 0 Å². The van der Waals surface area contributed by atoms with Gasteiger partial charge in [0.2, 0.25) is 5.95 Å². The van der Waals surface area contributed by atoms with Gasteiger partial charge in [-0.3, -0.25) is 0 Å². The third-order valence-corrected chi connectivity index (χ3v) is 5.85. The Morgan fingerprint density at radius 1 is 1.03 bits per heavy atom. The number of rotatable bonds is 6. The Balaban J connectivity index is 1.34. The molecule has 0 radical (unpaired) electrons. The predicted molar refractivity (Wildman–Crippen MR) is 119 cm³/mol. The average molecular weight is 394 g/mol. The zero-order valence-electron chi connectivity index (χ0n) is 17.8. The molecular weight excluding hydrogens is 362 g/mol. The number of nitrogens with zero attached hydrogens (tertiary/aromatic N) is 3. The van der Waals surface area contributed by atoms with Gasteiger partial charge >= 0.3 is 0 Å². The lowest BCUT2D eigenvalue weighted by atomic mass is 9.91. The normalized spacial score (nSPS) is 19.4. The van der Waals surface area contributed by atoms with Crippen molar-refractivity contribution in [2.45, 2.75) is 58.2 Å².